The van der Waals surface area contributed by atoms with Crippen molar-refractivity contribution in [3.63, 3.8) is 0 Å². The van der Waals surface area contributed by atoms with Crippen molar-refractivity contribution in [3.05, 3.63) is 42.2 Å². The molecule has 1 aromatic carbocycles. The first-order valence-electron chi connectivity index (χ1n) is 7.82. The lowest BCUT2D eigenvalue weighted by Crippen LogP contribution is -2.35. The van der Waals surface area contributed by atoms with Crippen LogP contribution < -0.4 is 5.32 Å². The molecule has 2 bridgehead atoms. The van der Waals surface area contributed by atoms with E-state index in [1.165, 1.54) is 19.3 Å². The predicted molar refractivity (Wildman–Crippen MR) is 88.4 cm³/mol. The fourth-order valence-electron chi connectivity index (χ4n) is 3.44. The first kappa shape index (κ1) is 15.5. The van der Waals surface area contributed by atoms with Crippen molar-refractivity contribution in [3.8, 4) is 5.69 Å². The number of aromatic nitrogens is 3. The summed E-state index contributed by atoms with van der Waals surface area (Å²) < 4.78 is 0. The van der Waals surface area contributed by atoms with Crippen molar-refractivity contribution in [2.24, 2.45) is 0 Å². The van der Waals surface area contributed by atoms with Crippen LogP contribution in [0.3, 0.4) is 0 Å². The average molecular weight is 320 g/mol. The van der Waals surface area contributed by atoms with E-state index in [0.717, 1.165) is 37.1 Å². The molecule has 0 spiro atoms. The standard InChI is InChI=1S/C16H21N5.ClH/c1-2-4-16(5-3-1)21-17-10-15(19-21)12-20-9-8-13-6-7-14(11-20)18-13;/h1-5,10,13-14,18H,6-9,11-12H2;1H. The lowest BCUT2D eigenvalue weighted by molar-refractivity contribution is 0.248. The molecule has 0 aliphatic carbocycles. The van der Waals surface area contributed by atoms with Gasteiger partial charge in [-0.05, 0) is 31.4 Å². The number of likely N-dealkylation sites (tertiary alicyclic amines) is 1. The van der Waals surface area contributed by atoms with Crippen molar-refractivity contribution in [1.82, 2.24) is 25.2 Å². The fraction of sp³-hybridized carbons (Fsp3) is 0.500. The largest absolute Gasteiger partial charge is 0.310 e. The molecular weight excluding hydrogens is 298 g/mol. The van der Waals surface area contributed by atoms with Crippen LogP contribution in [0.1, 0.15) is 25.0 Å². The topological polar surface area (TPSA) is 46.0 Å². The highest BCUT2D eigenvalue weighted by Gasteiger charge is 2.29. The summed E-state index contributed by atoms with van der Waals surface area (Å²) in [5.41, 5.74) is 2.07. The van der Waals surface area contributed by atoms with Gasteiger partial charge in [0.25, 0.3) is 0 Å². The van der Waals surface area contributed by atoms with Gasteiger partial charge in [0.1, 0.15) is 0 Å². The fourth-order valence-corrected chi connectivity index (χ4v) is 3.44. The van der Waals surface area contributed by atoms with Gasteiger partial charge in [-0.1, -0.05) is 18.2 Å². The van der Waals surface area contributed by atoms with Gasteiger partial charge in [-0.2, -0.15) is 15.0 Å². The van der Waals surface area contributed by atoms with Gasteiger partial charge in [0.05, 0.1) is 17.6 Å². The number of hydrogen-bond donors (Lipinski definition) is 1. The van der Waals surface area contributed by atoms with Crippen LogP contribution in [0.4, 0.5) is 0 Å². The van der Waals surface area contributed by atoms with E-state index in [2.05, 4.69) is 20.4 Å². The molecule has 2 aliphatic heterocycles. The maximum Gasteiger partial charge on any atom is 0.0971 e. The van der Waals surface area contributed by atoms with Crippen LogP contribution in [-0.2, 0) is 6.54 Å². The molecule has 2 aromatic rings. The second-order valence-corrected chi connectivity index (χ2v) is 6.12. The maximum absolute atomic E-state index is 4.61. The lowest BCUT2D eigenvalue weighted by Gasteiger charge is -2.22. The summed E-state index contributed by atoms with van der Waals surface area (Å²) in [5, 5.41) is 12.7. The molecule has 118 valence electrons. The third-order valence-corrected chi connectivity index (χ3v) is 4.52. The van der Waals surface area contributed by atoms with Gasteiger partial charge in [-0.15, -0.1) is 12.4 Å². The molecule has 2 atom stereocenters. The molecule has 2 aliphatic rings. The quantitative estimate of drug-likeness (QED) is 0.940. The summed E-state index contributed by atoms with van der Waals surface area (Å²) in [6.07, 6.45) is 5.81. The molecule has 0 saturated carbocycles. The highest BCUT2D eigenvalue weighted by Crippen LogP contribution is 2.21. The summed E-state index contributed by atoms with van der Waals surface area (Å²) in [7, 11) is 0. The number of hydrogen-bond acceptors (Lipinski definition) is 4. The van der Waals surface area contributed by atoms with E-state index in [0.29, 0.717) is 6.04 Å². The lowest BCUT2D eigenvalue weighted by atomic mass is 10.1. The molecule has 1 aromatic heterocycles. The van der Waals surface area contributed by atoms with E-state index < -0.39 is 0 Å². The maximum atomic E-state index is 4.61. The van der Waals surface area contributed by atoms with Gasteiger partial charge in [0, 0.05) is 31.7 Å². The van der Waals surface area contributed by atoms with E-state index >= 15 is 0 Å². The zero-order valence-electron chi connectivity index (χ0n) is 12.6. The van der Waals surface area contributed by atoms with Gasteiger partial charge in [0.15, 0.2) is 0 Å². The van der Waals surface area contributed by atoms with Crippen molar-refractivity contribution in [2.45, 2.75) is 37.9 Å². The molecule has 4 rings (SSSR count). The van der Waals surface area contributed by atoms with Crippen LogP contribution in [0.25, 0.3) is 5.69 Å². The Morgan fingerprint density at radius 1 is 1.09 bits per heavy atom. The van der Waals surface area contributed by atoms with Crippen molar-refractivity contribution < 1.29 is 0 Å². The number of nitrogens with zero attached hydrogens (tertiary/aromatic N) is 4. The molecule has 0 amide bonds. The molecular formula is C16H22ClN5. The number of benzene rings is 1. The summed E-state index contributed by atoms with van der Waals surface area (Å²) >= 11 is 0. The number of halogens is 1. The number of para-hydroxylation sites is 1. The Morgan fingerprint density at radius 2 is 1.91 bits per heavy atom. The van der Waals surface area contributed by atoms with Crippen LogP contribution in [0.15, 0.2) is 36.5 Å². The van der Waals surface area contributed by atoms with Gasteiger partial charge < -0.3 is 5.32 Å². The van der Waals surface area contributed by atoms with Crippen LogP contribution in [0.5, 0.6) is 0 Å². The highest BCUT2D eigenvalue weighted by molar-refractivity contribution is 5.85. The molecule has 3 heterocycles. The van der Waals surface area contributed by atoms with Crippen molar-refractivity contribution in [2.75, 3.05) is 13.1 Å². The van der Waals surface area contributed by atoms with Crippen LogP contribution in [-0.4, -0.2) is 45.1 Å². The Labute approximate surface area is 137 Å². The summed E-state index contributed by atoms with van der Waals surface area (Å²) in [6, 6.07) is 11.5. The Kier molecular flexibility index (Phi) is 4.76. The number of nitrogens with one attached hydrogen (secondary N) is 1. The molecule has 2 fully saturated rings. The first-order chi connectivity index (χ1) is 10.4. The van der Waals surface area contributed by atoms with Crippen molar-refractivity contribution >= 4 is 12.4 Å². The molecule has 0 radical (unpaired) electrons. The summed E-state index contributed by atoms with van der Waals surface area (Å²) in [5.74, 6) is 0. The predicted octanol–water partition coefficient (Wildman–Crippen LogP) is 2.02. The van der Waals surface area contributed by atoms with E-state index in [9.17, 15) is 0 Å². The Balaban J connectivity index is 0.00000144. The molecule has 5 nitrogen and oxygen atoms in total. The molecule has 1 N–H and O–H groups in total. The van der Waals surface area contributed by atoms with Crippen LogP contribution in [0.2, 0.25) is 0 Å². The minimum atomic E-state index is 0. The van der Waals surface area contributed by atoms with Crippen LogP contribution in [0, 0.1) is 0 Å². The number of rotatable bonds is 3. The minimum Gasteiger partial charge on any atom is -0.310 e. The van der Waals surface area contributed by atoms with E-state index in [1.807, 2.05) is 36.5 Å². The van der Waals surface area contributed by atoms with Crippen molar-refractivity contribution in [1.29, 1.82) is 0 Å². The van der Waals surface area contributed by atoms with E-state index in [-0.39, 0.29) is 12.4 Å². The molecule has 6 heteroatoms. The first-order valence-corrected chi connectivity index (χ1v) is 7.82. The summed E-state index contributed by atoms with van der Waals surface area (Å²) in [6.45, 7) is 3.19. The summed E-state index contributed by atoms with van der Waals surface area (Å²) in [4.78, 5) is 4.23. The second-order valence-electron chi connectivity index (χ2n) is 6.12. The van der Waals surface area contributed by atoms with Gasteiger partial charge in [0.2, 0.25) is 0 Å². The van der Waals surface area contributed by atoms with Crippen LogP contribution >= 0.6 is 12.4 Å². The zero-order chi connectivity index (χ0) is 14.1. The number of fused-ring (bicyclic) bond motifs is 2. The molecule has 2 saturated heterocycles. The molecule has 2 unspecified atom stereocenters. The van der Waals surface area contributed by atoms with Gasteiger partial charge in [-0.25, -0.2) is 0 Å². The third kappa shape index (κ3) is 3.32. The third-order valence-electron chi connectivity index (χ3n) is 4.52. The smallest absolute Gasteiger partial charge is 0.0971 e. The Morgan fingerprint density at radius 3 is 2.77 bits per heavy atom. The zero-order valence-corrected chi connectivity index (χ0v) is 13.4. The average Bonchev–Trinajstić information content (AvgIpc) is 3.09. The monoisotopic (exact) mass is 319 g/mol. The second kappa shape index (κ2) is 6.77. The minimum absolute atomic E-state index is 0. The van der Waals surface area contributed by atoms with E-state index in [1.54, 1.807) is 4.80 Å². The Hall–Kier alpha value is -1.43. The van der Waals surface area contributed by atoms with E-state index in [4.69, 9.17) is 0 Å². The Bertz CT molecular complexity index is 600. The van der Waals surface area contributed by atoms with Gasteiger partial charge >= 0.3 is 0 Å². The normalized spacial score (nSPS) is 24.7. The van der Waals surface area contributed by atoms with Gasteiger partial charge in [-0.3, -0.25) is 4.90 Å². The molecule has 22 heavy (non-hydrogen) atoms. The highest BCUT2D eigenvalue weighted by atomic mass is 35.5. The SMILES string of the molecule is Cl.c1ccc(-n2ncc(CN3CCC4CCC(C3)N4)n2)cc1.